The molecule has 1 fully saturated rings. The van der Waals surface area contributed by atoms with Crippen LogP contribution in [0.15, 0.2) is 24.3 Å². The quantitative estimate of drug-likeness (QED) is 0.751. The molecule has 0 unspecified atom stereocenters. The van der Waals surface area contributed by atoms with E-state index in [0.717, 1.165) is 5.92 Å². The van der Waals surface area contributed by atoms with Crippen LogP contribution in [0.5, 0.6) is 0 Å². The molecule has 2 rings (SSSR count). The van der Waals surface area contributed by atoms with Crippen molar-refractivity contribution in [3.63, 3.8) is 0 Å². The fourth-order valence-electron chi connectivity index (χ4n) is 2.48. The van der Waals surface area contributed by atoms with Gasteiger partial charge in [-0.1, -0.05) is 29.8 Å². The summed E-state index contributed by atoms with van der Waals surface area (Å²) >= 11 is 0. The first-order chi connectivity index (χ1) is 7.74. The molecule has 0 spiro atoms. The summed E-state index contributed by atoms with van der Waals surface area (Å²) < 4.78 is 0. The first-order valence-electron chi connectivity index (χ1n) is 6.48. The van der Waals surface area contributed by atoms with Gasteiger partial charge in [0.1, 0.15) is 0 Å². The van der Waals surface area contributed by atoms with E-state index in [0.29, 0.717) is 0 Å². The Kier molecular flexibility index (Phi) is 4.00. The molecule has 1 heteroatoms. The monoisotopic (exact) mass is 217 g/mol. The average molecular weight is 217 g/mol. The maximum atomic E-state index is 2.45. The zero-order valence-corrected chi connectivity index (χ0v) is 10.6. The molecule has 0 N–H and O–H groups in total. The van der Waals surface area contributed by atoms with Gasteiger partial charge in [0.15, 0.2) is 0 Å². The number of likely N-dealkylation sites (tertiary alicyclic amines) is 1. The van der Waals surface area contributed by atoms with Crippen LogP contribution in [0.2, 0.25) is 0 Å². The Bertz CT molecular complexity index is 307. The van der Waals surface area contributed by atoms with Crippen LogP contribution in [-0.2, 0) is 6.42 Å². The van der Waals surface area contributed by atoms with Gasteiger partial charge >= 0.3 is 0 Å². The van der Waals surface area contributed by atoms with Gasteiger partial charge in [0, 0.05) is 0 Å². The van der Waals surface area contributed by atoms with Crippen LogP contribution in [0.4, 0.5) is 0 Å². The Morgan fingerprint density at radius 1 is 1.12 bits per heavy atom. The van der Waals surface area contributed by atoms with Crippen LogP contribution >= 0.6 is 0 Å². The van der Waals surface area contributed by atoms with Crippen LogP contribution in [0, 0.1) is 12.8 Å². The van der Waals surface area contributed by atoms with E-state index in [1.165, 1.54) is 49.9 Å². The molecule has 0 radical (unpaired) electrons. The number of benzene rings is 1. The summed E-state index contributed by atoms with van der Waals surface area (Å²) in [6.45, 7) is 4.73. The van der Waals surface area contributed by atoms with Crippen LogP contribution in [-0.4, -0.2) is 25.0 Å². The third-order valence-electron chi connectivity index (χ3n) is 3.80. The average Bonchev–Trinajstić information content (AvgIpc) is 2.30. The second kappa shape index (κ2) is 5.49. The van der Waals surface area contributed by atoms with E-state index in [1.54, 1.807) is 0 Å². The second-order valence-corrected chi connectivity index (χ2v) is 5.27. The van der Waals surface area contributed by atoms with Gasteiger partial charge in [-0.15, -0.1) is 0 Å². The van der Waals surface area contributed by atoms with Crippen molar-refractivity contribution in [3.05, 3.63) is 35.4 Å². The van der Waals surface area contributed by atoms with E-state index in [9.17, 15) is 0 Å². The molecule has 0 atom stereocenters. The summed E-state index contributed by atoms with van der Waals surface area (Å²) in [4.78, 5) is 2.45. The highest BCUT2D eigenvalue weighted by molar-refractivity contribution is 5.21. The number of nitrogens with zero attached hydrogens (tertiary/aromatic N) is 1. The molecule has 0 aromatic heterocycles. The molecular weight excluding hydrogens is 194 g/mol. The van der Waals surface area contributed by atoms with E-state index in [1.807, 2.05) is 0 Å². The van der Waals surface area contributed by atoms with E-state index >= 15 is 0 Å². The summed E-state index contributed by atoms with van der Waals surface area (Å²) in [6, 6.07) is 9.02. The number of rotatable bonds is 3. The van der Waals surface area contributed by atoms with Crippen LogP contribution in [0.3, 0.4) is 0 Å². The van der Waals surface area contributed by atoms with Gasteiger partial charge in [-0.3, -0.25) is 0 Å². The minimum absolute atomic E-state index is 0.956. The van der Waals surface area contributed by atoms with Crippen molar-refractivity contribution in [2.75, 3.05) is 20.1 Å². The third kappa shape index (κ3) is 3.34. The largest absolute Gasteiger partial charge is 0.306 e. The Balaban J connectivity index is 1.77. The minimum atomic E-state index is 0.956. The fourth-order valence-corrected chi connectivity index (χ4v) is 2.48. The van der Waals surface area contributed by atoms with Crippen LogP contribution < -0.4 is 0 Å². The molecule has 1 aromatic carbocycles. The normalized spacial score (nSPS) is 18.9. The fraction of sp³-hybridized carbons (Fsp3) is 0.600. The van der Waals surface area contributed by atoms with Crippen molar-refractivity contribution >= 4 is 0 Å². The van der Waals surface area contributed by atoms with Crippen molar-refractivity contribution in [2.24, 2.45) is 5.92 Å². The highest BCUT2D eigenvalue weighted by Gasteiger charge is 2.15. The number of piperidine rings is 1. The van der Waals surface area contributed by atoms with Crippen molar-refractivity contribution in [1.82, 2.24) is 4.90 Å². The Hall–Kier alpha value is -0.820. The summed E-state index contributed by atoms with van der Waals surface area (Å²) in [7, 11) is 2.23. The lowest BCUT2D eigenvalue weighted by Crippen LogP contribution is -2.30. The van der Waals surface area contributed by atoms with Crippen molar-refractivity contribution in [1.29, 1.82) is 0 Å². The van der Waals surface area contributed by atoms with E-state index in [2.05, 4.69) is 43.1 Å². The maximum absolute atomic E-state index is 2.45. The Labute approximate surface area is 99.5 Å². The Morgan fingerprint density at radius 2 is 1.75 bits per heavy atom. The standard InChI is InChI=1S/C15H23N/c1-13-3-5-14(6-4-13)7-8-15-9-11-16(2)12-10-15/h3-6,15H,7-12H2,1-2H3. The van der Waals surface area contributed by atoms with Crippen molar-refractivity contribution in [2.45, 2.75) is 32.6 Å². The molecular formula is C15H23N. The first kappa shape index (κ1) is 11.7. The van der Waals surface area contributed by atoms with Gasteiger partial charge in [-0.25, -0.2) is 0 Å². The van der Waals surface area contributed by atoms with Gasteiger partial charge < -0.3 is 4.90 Å². The lowest BCUT2D eigenvalue weighted by atomic mass is 9.91. The third-order valence-corrected chi connectivity index (χ3v) is 3.80. The Morgan fingerprint density at radius 3 is 2.38 bits per heavy atom. The van der Waals surface area contributed by atoms with E-state index in [4.69, 9.17) is 0 Å². The summed E-state index contributed by atoms with van der Waals surface area (Å²) in [6.07, 6.45) is 5.41. The summed E-state index contributed by atoms with van der Waals surface area (Å²) in [5, 5.41) is 0. The van der Waals surface area contributed by atoms with E-state index < -0.39 is 0 Å². The van der Waals surface area contributed by atoms with Gasteiger partial charge in [0.25, 0.3) is 0 Å². The predicted octanol–water partition coefficient (Wildman–Crippen LogP) is 3.27. The van der Waals surface area contributed by atoms with Crippen molar-refractivity contribution in [3.8, 4) is 0 Å². The lowest BCUT2D eigenvalue weighted by molar-refractivity contribution is 0.212. The summed E-state index contributed by atoms with van der Waals surface area (Å²) in [5.74, 6) is 0.956. The maximum Gasteiger partial charge on any atom is -0.00191 e. The molecule has 16 heavy (non-hydrogen) atoms. The van der Waals surface area contributed by atoms with E-state index in [-0.39, 0.29) is 0 Å². The second-order valence-electron chi connectivity index (χ2n) is 5.27. The molecule has 1 aliphatic rings. The number of hydrogen-bond acceptors (Lipinski definition) is 1. The number of aryl methyl sites for hydroxylation is 2. The molecule has 1 aliphatic heterocycles. The van der Waals surface area contributed by atoms with Crippen LogP contribution in [0.1, 0.15) is 30.4 Å². The van der Waals surface area contributed by atoms with Gasteiger partial charge in [-0.2, -0.15) is 0 Å². The lowest BCUT2D eigenvalue weighted by Gasteiger charge is -2.28. The highest BCUT2D eigenvalue weighted by Crippen LogP contribution is 2.21. The molecule has 0 amide bonds. The molecule has 0 saturated carbocycles. The molecule has 1 saturated heterocycles. The zero-order chi connectivity index (χ0) is 11.4. The van der Waals surface area contributed by atoms with Crippen molar-refractivity contribution < 1.29 is 0 Å². The molecule has 1 nitrogen and oxygen atoms in total. The predicted molar refractivity (Wildman–Crippen MR) is 69.7 cm³/mol. The smallest absolute Gasteiger partial charge is 0.00191 e. The molecule has 1 heterocycles. The minimum Gasteiger partial charge on any atom is -0.306 e. The number of hydrogen-bond donors (Lipinski definition) is 0. The summed E-state index contributed by atoms with van der Waals surface area (Å²) in [5.41, 5.74) is 2.87. The molecule has 0 bridgehead atoms. The highest BCUT2D eigenvalue weighted by atomic mass is 15.1. The van der Waals surface area contributed by atoms with Gasteiger partial charge in [0.05, 0.1) is 0 Å². The zero-order valence-electron chi connectivity index (χ0n) is 10.6. The topological polar surface area (TPSA) is 3.24 Å². The molecule has 88 valence electrons. The molecule has 1 aromatic rings. The SMILES string of the molecule is Cc1ccc(CCC2CCN(C)CC2)cc1. The van der Waals surface area contributed by atoms with Crippen LogP contribution in [0.25, 0.3) is 0 Å². The first-order valence-corrected chi connectivity index (χ1v) is 6.48. The van der Waals surface area contributed by atoms with Gasteiger partial charge in [-0.05, 0) is 64.2 Å². The van der Waals surface area contributed by atoms with Gasteiger partial charge in [0.2, 0.25) is 0 Å². The molecule has 0 aliphatic carbocycles.